The van der Waals surface area contributed by atoms with Crippen molar-refractivity contribution in [2.24, 2.45) is 0 Å². The highest BCUT2D eigenvalue weighted by atomic mass is 35.5. The highest BCUT2D eigenvalue weighted by Crippen LogP contribution is 2.39. The van der Waals surface area contributed by atoms with E-state index in [2.05, 4.69) is 4.90 Å². The van der Waals surface area contributed by atoms with Crippen LogP contribution in [0.3, 0.4) is 0 Å². The van der Waals surface area contributed by atoms with Gasteiger partial charge in [0.05, 0.1) is 10.2 Å². The molecule has 1 aromatic heterocycles. The molecule has 0 atom stereocenters. The van der Waals surface area contributed by atoms with Gasteiger partial charge in [0.2, 0.25) is 0 Å². The van der Waals surface area contributed by atoms with Gasteiger partial charge in [0.25, 0.3) is 5.91 Å². The summed E-state index contributed by atoms with van der Waals surface area (Å²) in [4.78, 5) is 22.0. The van der Waals surface area contributed by atoms with Crippen LogP contribution in [-0.2, 0) is 0 Å². The summed E-state index contributed by atoms with van der Waals surface area (Å²) < 4.78 is 12.3. The largest absolute Gasteiger partial charge is 0.486 e. The first-order valence-electron chi connectivity index (χ1n) is 9.75. The molecule has 160 valence electrons. The minimum absolute atomic E-state index is 0. The number of thiazole rings is 1. The first-order valence-corrected chi connectivity index (χ1v) is 10.6. The van der Waals surface area contributed by atoms with Crippen LogP contribution in [0, 0.1) is 6.92 Å². The number of carbonyl (C=O) groups excluding carboxylic acids is 1. The van der Waals surface area contributed by atoms with Crippen molar-refractivity contribution < 1.29 is 14.3 Å². The van der Waals surface area contributed by atoms with Gasteiger partial charge in [-0.05, 0) is 46.1 Å². The number of ether oxygens (including phenoxy) is 2. The van der Waals surface area contributed by atoms with Gasteiger partial charge in [-0.3, -0.25) is 9.69 Å². The van der Waals surface area contributed by atoms with Gasteiger partial charge in [0.1, 0.15) is 13.2 Å². The fourth-order valence-corrected chi connectivity index (χ4v) is 4.25. The van der Waals surface area contributed by atoms with Crippen molar-refractivity contribution >= 4 is 45.0 Å². The summed E-state index contributed by atoms with van der Waals surface area (Å²) in [6.07, 6.45) is 0.864. The normalized spacial score (nSPS) is 12.7. The SMILES string of the molecule is Cc1ccc(C(=O)N(CCCN(C)C)c2nc3cc4c(cc3s2)OCCO4)cc1.Cl. The molecule has 0 fully saturated rings. The Balaban J connectivity index is 0.00000256. The Morgan fingerprint density at radius 1 is 1.07 bits per heavy atom. The van der Waals surface area contributed by atoms with Crippen LogP contribution in [0.25, 0.3) is 10.2 Å². The monoisotopic (exact) mass is 447 g/mol. The minimum Gasteiger partial charge on any atom is -0.486 e. The van der Waals surface area contributed by atoms with Gasteiger partial charge < -0.3 is 14.4 Å². The van der Waals surface area contributed by atoms with Crippen molar-refractivity contribution in [2.45, 2.75) is 13.3 Å². The topological polar surface area (TPSA) is 54.9 Å². The molecule has 4 rings (SSSR count). The first kappa shape index (κ1) is 22.3. The maximum atomic E-state index is 13.3. The number of carbonyl (C=O) groups is 1. The lowest BCUT2D eigenvalue weighted by Crippen LogP contribution is -2.33. The lowest BCUT2D eigenvalue weighted by atomic mass is 10.1. The molecule has 2 aromatic carbocycles. The fourth-order valence-electron chi connectivity index (χ4n) is 3.25. The molecule has 3 aromatic rings. The highest BCUT2D eigenvalue weighted by molar-refractivity contribution is 7.22. The number of anilines is 1. The second-order valence-corrected chi connectivity index (χ2v) is 8.45. The second kappa shape index (κ2) is 9.64. The average molecular weight is 448 g/mol. The van der Waals surface area contributed by atoms with Crippen molar-refractivity contribution in [1.82, 2.24) is 9.88 Å². The lowest BCUT2D eigenvalue weighted by molar-refractivity contribution is 0.0986. The van der Waals surface area contributed by atoms with Crippen molar-refractivity contribution in [2.75, 3.05) is 45.3 Å². The molecule has 1 aliphatic heterocycles. The van der Waals surface area contributed by atoms with Crippen LogP contribution in [0.15, 0.2) is 36.4 Å². The number of aromatic nitrogens is 1. The van der Waals surface area contributed by atoms with E-state index in [4.69, 9.17) is 14.5 Å². The zero-order chi connectivity index (χ0) is 20.4. The zero-order valence-corrected chi connectivity index (χ0v) is 19.0. The van der Waals surface area contributed by atoms with Gasteiger partial charge in [-0.15, -0.1) is 12.4 Å². The van der Waals surface area contributed by atoms with Crippen molar-refractivity contribution in [3.05, 3.63) is 47.5 Å². The Bertz CT molecular complexity index is 977. The predicted molar refractivity (Wildman–Crippen MR) is 124 cm³/mol. The molecule has 0 bridgehead atoms. The number of fused-ring (bicyclic) bond motifs is 2. The Labute approximate surface area is 186 Å². The molecule has 0 saturated heterocycles. The van der Waals surface area contributed by atoms with Gasteiger partial charge in [0, 0.05) is 24.2 Å². The molecule has 2 heterocycles. The number of hydrogen-bond donors (Lipinski definition) is 0. The molecule has 0 saturated carbocycles. The van der Waals surface area contributed by atoms with Crippen molar-refractivity contribution in [3.63, 3.8) is 0 Å². The molecule has 0 spiro atoms. The number of benzene rings is 2. The van der Waals surface area contributed by atoms with Crippen LogP contribution < -0.4 is 14.4 Å². The van der Waals surface area contributed by atoms with E-state index in [0.29, 0.717) is 36.2 Å². The molecular weight excluding hydrogens is 422 g/mol. The second-order valence-electron chi connectivity index (χ2n) is 7.44. The summed E-state index contributed by atoms with van der Waals surface area (Å²) >= 11 is 1.51. The standard InChI is InChI=1S/C22H25N3O3S.ClH/c1-15-5-7-16(8-6-15)21(26)25(10-4-9-24(2)3)22-23-17-13-18-19(14-20(17)29-22)28-12-11-27-18;/h5-8,13-14H,4,9-12H2,1-3H3;1H. The minimum atomic E-state index is -0.0277. The number of amides is 1. The van der Waals surface area contributed by atoms with E-state index in [1.165, 1.54) is 11.3 Å². The van der Waals surface area contributed by atoms with Crippen LogP contribution >= 0.6 is 23.7 Å². The van der Waals surface area contributed by atoms with Gasteiger partial charge >= 0.3 is 0 Å². The number of nitrogens with zero attached hydrogens (tertiary/aromatic N) is 3. The van der Waals surface area contributed by atoms with Gasteiger partial charge in [-0.2, -0.15) is 0 Å². The molecular formula is C22H26ClN3O3S. The summed E-state index contributed by atoms with van der Waals surface area (Å²) in [5.74, 6) is 1.42. The zero-order valence-electron chi connectivity index (χ0n) is 17.4. The van der Waals surface area contributed by atoms with E-state index in [-0.39, 0.29) is 18.3 Å². The molecule has 1 aliphatic rings. The smallest absolute Gasteiger partial charge is 0.260 e. The third-order valence-electron chi connectivity index (χ3n) is 4.80. The number of aryl methyl sites for hydroxylation is 1. The highest BCUT2D eigenvalue weighted by Gasteiger charge is 2.22. The van der Waals surface area contributed by atoms with E-state index >= 15 is 0 Å². The van der Waals surface area contributed by atoms with E-state index in [0.717, 1.165) is 34.5 Å². The molecule has 1 amide bonds. The maximum Gasteiger partial charge on any atom is 0.260 e. The molecule has 0 unspecified atom stereocenters. The Kier molecular flexibility index (Phi) is 7.18. The Morgan fingerprint density at radius 3 is 2.40 bits per heavy atom. The molecule has 0 aliphatic carbocycles. The summed E-state index contributed by atoms with van der Waals surface area (Å²) in [7, 11) is 4.07. The number of halogens is 1. The molecule has 8 heteroatoms. The molecule has 0 radical (unpaired) electrons. The van der Waals surface area contributed by atoms with Crippen LogP contribution in [0.1, 0.15) is 22.3 Å². The average Bonchev–Trinajstić information content (AvgIpc) is 3.11. The maximum absolute atomic E-state index is 13.3. The third-order valence-corrected chi connectivity index (χ3v) is 5.84. The van der Waals surface area contributed by atoms with Crippen LogP contribution in [0.4, 0.5) is 5.13 Å². The summed E-state index contributed by atoms with van der Waals surface area (Å²) in [5.41, 5.74) is 2.63. The Morgan fingerprint density at radius 2 is 1.73 bits per heavy atom. The Hall–Kier alpha value is -2.35. The molecule has 30 heavy (non-hydrogen) atoms. The van der Waals surface area contributed by atoms with Crippen LogP contribution in [0.5, 0.6) is 11.5 Å². The lowest BCUT2D eigenvalue weighted by Gasteiger charge is -2.21. The molecule has 0 N–H and O–H groups in total. The number of hydrogen-bond acceptors (Lipinski definition) is 6. The van der Waals surface area contributed by atoms with E-state index in [1.807, 2.05) is 57.4 Å². The van der Waals surface area contributed by atoms with Crippen molar-refractivity contribution in [1.29, 1.82) is 0 Å². The van der Waals surface area contributed by atoms with Crippen LogP contribution in [0.2, 0.25) is 0 Å². The van der Waals surface area contributed by atoms with E-state index in [9.17, 15) is 4.79 Å². The summed E-state index contributed by atoms with van der Waals surface area (Å²) in [6.45, 7) is 4.61. The van der Waals surface area contributed by atoms with Gasteiger partial charge in [0.15, 0.2) is 16.6 Å². The van der Waals surface area contributed by atoms with E-state index < -0.39 is 0 Å². The number of rotatable bonds is 6. The summed E-state index contributed by atoms with van der Waals surface area (Å²) in [5, 5.41) is 0.701. The van der Waals surface area contributed by atoms with Crippen LogP contribution in [-0.4, -0.2) is 56.2 Å². The third kappa shape index (κ3) is 4.86. The molecule has 6 nitrogen and oxygen atoms in total. The van der Waals surface area contributed by atoms with Gasteiger partial charge in [-0.1, -0.05) is 29.0 Å². The quantitative estimate of drug-likeness (QED) is 0.560. The van der Waals surface area contributed by atoms with Crippen molar-refractivity contribution in [3.8, 4) is 11.5 Å². The fraction of sp³-hybridized carbons (Fsp3) is 0.364. The summed E-state index contributed by atoms with van der Waals surface area (Å²) in [6, 6.07) is 11.5. The van der Waals surface area contributed by atoms with Gasteiger partial charge in [-0.25, -0.2) is 4.98 Å². The first-order chi connectivity index (χ1) is 14.0. The predicted octanol–water partition coefficient (Wildman–Crippen LogP) is 4.40. The van der Waals surface area contributed by atoms with E-state index in [1.54, 1.807) is 4.90 Å².